The molecule has 2 aromatic carbocycles. The van der Waals surface area contributed by atoms with Crippen LogP contribution in [-0.4, -0.2) is 40.8 Å². The first-order valence-corrected chi connectivity index (χ1v) is 12.0. The van der Waals surface area contributed by atoms with Gasteiger partial charge in [0.1, 0.15) is 0 Å². The lowest BCUT2D eigenvalue weighted by atomic mass is 10.0. The molecular formula is C23H25F3N4O2S. The van der Waals surface area contributed by atoms with Crippen LogP contribution in [0.4, 0.5) is 18.9 Å². The second kappa shape index (κ2) is 9.18. The third-order valence-corrected chi connectivity index (χ3v) is 7.43. The summed E-state index contributed by atoms with van der Waals surface area (Å²) in [6.45, 7) is 1.67. The van der Waals surface area contributed by atoms with Crippen LogP contribution in [0.5, 0.6) is 0 Å². The Labute approximate surface area is 191 Å². The SMILES string of the molecule is Cc1ccc2c(c1)N(Cc1cnc[nH]1)C(CCc1ccccc1)CN(S(=O)(=O)C(F)(F)F)C2. The van der Waals surface area contributed by atoms with Gasteiger partial charge in [-0.05, 0) is 42.5 Å². The fourth-order valence-electron chi connectivity index (χ4n) is 4.18. The van der Waals surface area contributed by atoms with Crippen LogP contribution >= 0.6 is 0 Å². The van der Waals surface area contributed by atoms with Crippen LogP contribution in [0.15, 0.2) is 61.1 Å². The third kappa shape index (κ3) is 5.06. The monoisotopic (exact) mass is 478 g/mol. The fraction of sp³-hybridized carbons (Fsp3) is 0.348. The van der Waals surface area contributed by atoms with Gasteiger partial charge in [-0.3, -0.25) is 0 Å². The molecule has 10 heteroatoms. The molecule has 0 bridgehead atoms. The smallest absolute Gasteiger partial charge is 0.361 e. The zero-order valence-electron chi connectivity index (χ0n) is 18.1. The van der Waals surface area contributed by atoms with E-state index in [2.05, 4.69) is 9.97 Å². The topological polar surface area (TPSA) is 69.3 Å². The van der Waals surface area contributed by atoms with E-state index in [1.54, 1.807) is 24.7 Å². The molecule has 0 aliphatic carbocycles. The molecule has 1 aliphatic rings. The Kier molecular flexibility index (Phi) is 6.49. The highest BCUT2D eigenvalue weighted by Crippen LogP contribution is 2.36. The number of aromatic nitrogens is 2. The van der Waals surface area contributed by atoms with Crippen molar-refractivity contribution in [2.45, 2.75) is 44.4 Å². The number of aryl methyl sites for hydroxylation is 2. The van der Waals surface area contributed by atoms with Crippen molar-refractivity contribution in [1.29, 1.82) is 0 Å². The number of halogens is 3. The molecular weight excluding hydrogens is 453 g/mol. The summed E-state index contributed by atoms with van der Waals surface area (Å²) in [7, 11) is -5.49. The van der Waals surface area contributed by atoms with Gasteiger partial charge >= 0.3 is 15.5 Å². The van der Waals surface area contributed by atoms with E-state index in [1.165, 1.54) is 0 Å². The number of hydrogen-bond donors (Lipinski definition) is 1. The number of rotatable bonds is 6. The Morgan fingerprint density at radius 2 is 1.91 bits per heavy atom. The maximum absolute atomic E-state index is 13.5. The highest BCUT2D eigenvalue weighted by atomic mass is 32.2. The lowest BCUT2D eigenvalue weighted by molar-refractivity contribution is -0.0492. The molecule has 0 fully saturated rings. The zero-order chi connectivity index (χ0) is 23.6. The van der Waals surface area contributed by atoms with E-state index in [4.69, 9.17) is 0 Å². The van der Waals surface area contributed by atoms with E-state index in [9.17, 15) is 21.6 Å². The zero-order valence-corrected chi connectivity index (χ0v) is 18.9. The molecule has 0 spiro atoms. The number of imidazole rings is 1. The average molecular weight is 479 g/mol. The highest BCUT2D eigenvalue weighted by molar-refractivity contribution is 7.89. The summed E-state index contributed by atoms with van der Waals surface area (Å²) < 4.78 is 66.0. The van der Waals surface area contributed by atoms with Crippen LogP contribution in [0.1, 0.15) is 28.8 Å². The largest absolute Gasteiger partial charge is 0.511 e. The molecule has 6 nitrogen and oxygen atoms in total. The number of alkyl halides is 3. The summed E-state index contributed by atoms with van der Waals surface area (Å²) in [5.74, 6) is 0. The third-order valence-electron chi connectivity index (χ3n) is 5.89. The van der Waals surface area contributed by atoms with Gasteiger partial charge in [0.15, 0.2) is 0 Å². The van der Waals surface area contributed by atoms with Crippen molar-refractivity contribution in [3.63, 3.8) is 0 Å². The number of benzene rings is 2. The minimum atomic E-state index is -5.49. The number of sulfonamides is 1. The molecule has 33 heavy (non-hydrogen) atoms. The van der Waals surface area contributed by atoms with Crippen LogP contribution < -0.4 is 4.90 Å². The van der Waals surface area contributed by atoms with Gasteiger partial charge in [-0.2, -0.15) is 17.5 Å². The van der Waals surface area contributed by atoms with Gasteiger partial charge in [0.25, 0.3) is 0 Å². The maximum Gasteiger partial charge on any atom is 0.511 e. The minimum Gasteiger partial charge on any atom is -0.361 e. The first kappa shape index (κ1) is 23.3. The van der Waals surface area contributed by atoms with Gasteiger partial charge in [-0.25, -0.2) is 13.4 Å². The predicted octanol–water partition coefficient (Wildman–Crippen LogP) is 4.39. The summed E-state index contributed by atoms with van der Waals surface area (Å²) >= 11 is 0. The number of anilines is 1. The first-order valence-electron chi connectivity index (χ1n) is 10.6. The molecule has 0 radical (unpaired) electrons. The minimum absolute atomic E-state index is 0.267. The van der Waals surface area contributed by atoms with Crippen LogP contribution in [0.25, 0.3) is 0 Å². The lowest BCUT2D eigenvalue weighted by Crippen LogP contribution is -2.47. The average Bonchev–Trinajstić information content (AvgIpc) is 3.23. The molecule has 176 valence electrons. The Balaban J connectivity index is 1.76. The van der Waals surface area contributed by atoms with Crippen LogP contribution in [0.3, 0.4) is 0 Å². The Morgan fingerprint density at radius 1 is 1.15 bits per heavy atom. The van der Waals surface area contributed by atoms with Crippen molar-refractivity contribution in [1.82, 2.24) is 14.3 Å². The highest BCUT2D eigenvalue weighted by Gasteiger charge is 2.51. The number of nitrogens with one attached hydrogen (secondary N) is 1. The van der Waals surface area contributed by atoms with Crippen molar-refractivity contribution in [2.75, 3.05) is 11.4 Å². The normalized spacial score (nSPS) is 17.6. The number of H-pyrrole nitrogens is 1. The second-order valence-electron chi connectivity index (χ2n) is 8.26. The number of nitrogens with zero attached hydrogens (tertiary/aromatic N) is 3. The summed E-state index contributed by atoms with van der Waals surface area (Å²) in [6.07, 6.45) is 4.30. The number of aromatic amines is 1. The molecule has 0 saturated carbocycles. The van der Waals surface area contributed by atoms with Gasteiger partial charge in [0.05, 0.1) is 18.6 Å². The van der Waals surface area contributed by atoms with Crippen molar-refractivity contribution in [3.8, 4) is 0 Å². The summed E-state index contributed by atoms with van der Waals surface area (Å²) in [6, 6.07) is 14.6. The van der Waals surface area contributed by atoms with Gasteiger partial charge in [0, 0.05) is 31.0 Å². The fourth-order valence-corrected chi connectivity index (χ4v) is 5.15. The van der Waals surface area contributed by atoms with E-state index in [-0.39, 0.29) is 13.1 Å². The van der Waals surface area contributed by atoms with E-state index in [0.29, 0.717) is 29.3 Å². The summed E-state index contributed by atoms with van der Waals surface area (Å²) in [4.78, 5) is 9.10. The molecule has 1 aliphatic heterocycles. The standard InChI is InChI=1S/C23H25F3N4O2S/c1-17-7-9-19-13-29(33(31,32)23(24,25)26)15-21(10-8-18-5-3-2-4-6-18)30(22(19)11-17)14-20-12-27-16-28-20/h2-7,9,11-12,16,21H,8,10,13-15H2,1H3,(H,27,28). The molecule has 1 N–H and O–H groups in total. The van der Waals surface area contributed by atoms with Crippen molar-refractivity contribution >= 4 is 15.7 Å². The molecule has 1 unspecified atom stereocenters. The first-order chi connectivity index (χ1) is 15.6. The van der Waals surface area contributed by atoms with Gasteiger partial charge in [-0.15, -0.1) is 0 Å². The molecule has 1 aromatic heterocycles. The maximum atomic E-state index is 13.5. The van der Waals surface area contributed by atoms with E-state index >= 15 is 0 Å². The molecule has 0 amide bonds. The van der Waals surface area contributed by atoms with Crippen molar-refractivity contribution in [2.24, 2.45) is 0 Å². The van der Waals surface area contributed by atoms with Gasteiger partial charge in [0.2, 0.25) is 0 Å². The van der Waals surface area contributed by atoms with E-state index in [0.717, 1.165) is 22.5 Å². The Morgan fingerprint density at radius 3 is 2.58 bits per heavy atom. The summed E-state index contributed by atoms with van der Waals surface area (Å²) in [5, 5.41) is 0. The van der Waals surface area contributed by atoms with E-state index < -0.39 is 21.6 Å². The van der Waals surface area contributed by atoms with Crippen LogP contribution in [0.2, 0.25) is 0 Å². The van der Waals surface area contributed by atoms with Crippen LogP contribution in [0, 0.1) is 6.92 Å². The lowest BCUT2D eigenvalue weighted by Gasteiger charge is -2.34. The number of hydrogen-bond acceptors (Lipinski definition) is 4. The summed E-state index contributed by atoms with van der Waals surface area (Å²) in [5.41, 5.74) is -1.31. The molecule has 0 saturated heterocycles. The Bertz CT molecular complexity index is 1180. The van der Waals surface area contributed by atoms with Gasteiger partial charge in [-0.1, -0.05) is 42.5 Å². The molecule has 3 aromatic rings. The predicted molar refractivity (Wildman–Crippen MR) is 120 cm³/mol. The Hall–Kier alpha value is -2.85. The quantitative estimate of drug-likeness (QED) is 0.571. The van der Waals surface area contributed by atoms with E-state index in [1.807, 2.05) is 48.2 Å². The van der Waals surface area contributed by atoms with Gasteiger partial charge < -0.3 is 9.88 Å². The molecule has 2 heterocycles. The molecule has 1 atom stereocenters. The van der Waals surface area contributed by atoms with Crippen LogP contribution in [-0.2, 0) is 29.5 Å². The van der Waals surface area contributed by atoms with Crippen molar-refractivity contribution < 1.29 is 21.6 Å². The number of fused-ring (bicyclic) bond motifs is 1. The molecule has 4 rings (SSSR count). The second-order valence-corrected chi connectivity index (χ2v) is 10.2. The van der Waals surface area contributed by atoms with Crippen molar-refractivity contribution in [3.05, 3.63) is 83.4 Å².